The van der Waals surface area contributed by atoms with Crippen LogP contribution in [-0.2, 0) is 0 Å². The van der Waals surface area contributed by atoms with Gasteiger partial charge in [0.05, 0.1) is 16.2 Å². The molecule has 0 aliphatic heterocycles. The molecule has 18 heavy (non-hydrogen) atoms. The Labute approximate surface area is 114 Å². The molecule has 0 aliphatic rings. The number of rotatable bonds is 4. The first kappa shape index (κ1) is 13.3. The number of nitrogens with zero attached hydrogens (tertiary/aromatic N) is 1. The SMILES string of the molecule is OC(CSc1ccc(Cl)cn1)c1ccc(F)cc1. The molecule has 2 aromatic rings. The smallest absolute Gasteiger partial charge is 0.123 e. The molecular formula is C13H11ClFNOS. The van der Waals surface area contributed by atoms with Gasteiger partial charge in [0, 0.05) is 11.9 Å². The first-order valence-electron chi connectivity index (χ1n) is 5.33. The van der Waals surface area contributed by atoms with Crippen LogP contribution >= 0.6 is 23.4 Å². The van der Waals surface area contributed by atoms with E-state index in [1.54, 1.807) is 30.5 Å². The van der Waals surface area contributed by atoms with Gasteiger partial charge >= 0.3 is 0 Å². The molecule has 0 aliphatic carbocycles. The average Bonchev–Trinajstić information content (AvgIpc) is 2.38. The van der Waals surface area contributed by atoms with Crippen molar-refractivity contribution in [1.29, 1.82) is 0 Å². The van der Waals surface area contributed by atoms with E-state index in [9.17, 15) is 9.50 Å². The number of thioether (sulfide) groups is 1. The highest BCUT2D eigenvalue weighted by molar-refractivity contribution is 7.99. The van der Waals surface area contributed by atoms with Crippen molar-refractivity contribution in [3.63, 3.8) is 0 Å². The molecule has 1 heterocycles. The molecule has 0 saturated carbocycles. The van der Waals surface area contributed by atoms with Crippen molar-refractivity contribution in [3.05, 3.63) is 59.0 Å². The van der Waals surface area contributed by atoms with Gasteiger partial charge in [-0.25, -0.2) is 9.37 Å². The minimum Gasteiger partial charge on any atom is -0.388 e. The number of hydrogen-bond donors (Lipinski definition) is 1. The molecule has 1 unspecified atom stereocenters. The number of aliphatic hydroxyl groups excluding tert-OH is 1. The molecule has 1 aromatic heterocycles. The molecule has 0 saturated heterocycles. The molecule has 1 atom stereocenters. The lowest BCUT2D eigenvalue weighted by Crippen LogP contribution is -2.00. The van der Waals surface area contributed by atoms with Gasteiger partial charge in [-0.05, 0) is 29.8 Å². The quantitative estimate of drug-likeness (QED) is 0.869. The van der Waals surface area contributed by atoms with Crippen LogP contribution in [0.5, 0.6) is 0 Å². The monoisotopic (exact) mass is 283 g/mol. The number of hydrogen-bond acceptors (Lipinski definition) is 3. The third-order valence-electron chi connectivity index (χ3n) is 2.34. The molecule has 5 heteroatoms. The van der Waals surface area contributed by atoms with Gasteiger partial charge in [0.1, 0.15) is 5.82 Å². The fraction of sp³-hybridized carbons (Fsp3) is 0.154. The van der Waals surface area contributed by atoms with Gasteiger partial charge in [0.15, 0.2) is 0 Å². The average molecular weight is 284 g/mol. The Kier molecular flexibility index (Phi) is 4.58. The summed E-state index contributed by atoms with van der Waals surface area (Å²) in [4.78, 5) is 4.12. The zero-order chi connectivity index (χ0) is 13.0. The van der Waals surface area contributed by atoms with Crippen molar-refractivity contribution in [2.24, 2.45) is 0 Å². The fourth-order valence-electron chi connectivity index (χ4n) is 1.39. The molecule has 0 radical (unpaired) electrons. The first-order chi connectivity index (χ1) is 8.65. The number of halogens is 2. The molecule has 2 nitrogen and oxygen atoms in total. The summed E-state index contributed by atoms with van der Waals surface area (Å²) in [5.74, 6) is 0.151. The molecule has 94 valence electrons. The van der Waals surface area contributed by atoms with E-state index < -0.39 is 6.10 Å². The normalized spacial score (nSPS) is 12.4. The third kappa shape index (κ3) is 3.70. The minimum atomic E-state index is -0.645. The summed E-state index contributed by atoms with van der Waals surface area (Å²) >= 11 is 7.15. The van der Waals surface area contributed by atoms with Crippen LogP contribution in [0.2, 0.25) is 5.02 Å². The summed E-state index contributed by atoms with van der Waals surface area (Å²) < 4.78 is 12.7. The molecule has 1 N–H and O–H groups in total. The van der Waals surface area contributed by atoms with Crippen molar-refractivity contribution in [2.45, 2.75) is 11.1 Å². The Bertz CT molecular complexity index is 503. The van der Waals surface area contributed by atoms with E-state index in [4.69, 9.17) is 11.6 Å². The third-order valence-corrected chi connectivity index (χ3v) is 3.59. The lowest BCUT2D eigenvalue weighted by Gasteiger charge is -2.10. The fourth-order valence-corrected chi connectivity index (χ4v) is 2.32. The lowest BCUT2D eigenvalue weighted by molar-refractivity contribution is 0.204. The van der Waals surface area contributed by atoms with E-state index in [1.807, 2.05) is 0 Å². The summed E-state index contributed by atoms with van der Waals surface area (Å²) in [5.41, 5.74) is 0.692. The number of pyridine rings is 1. The van der Waals surface area contributed by atoms with Crippen LogP contribution in [-0.4, -0.2) is 15.8 Å². The van der Waals surface area contributed by atoms with Gasteiger partial charge in [-0.2, -0.15) is 0 Å². The molecule has 1 aromatic carbocycles. The molecule has 2 rings (SSSR count). The van der Waals surface area contributed by atoms with Gasteiger partial charge in [-0.3, -0.25) is 0 Å². The summed E-state index contributed by atoms with van der Waals surface area (Å²) in [5, 5.41) is 11.3. The molecule has 0 fully saturated rings. The van der Waals surface area contributed by atoms with Crippen LogP contribution in [0.1, 0.15) is 11.7 Å². The van der Waals surface area contributed by atoms with E-state index in [0.29, 0.717) is 16.3 Å². The second kappa shape index (κ2) is 6.18. The zero-order valence-electron chi connectivity index (χ0n) is 9.38. The Morgan fingerprint density at radius 1 is 1.22 bits per heavy atom. The molecule has 0 bridgehead atoms. The van der Waals surface area contributed by atoms with E-state index in [0.717, 1.165) is 5.03 Å². The van der Waals surface area contributed by atoms with Gasteiger partial charge in [-0.1, -0.05) is 23.7 Å². The molecule has 0 spiro atoms. The van der Waals surface area contributed by atoms with Crippen LogP contribution in [0, 0.1) is 5.82 Å². The van der Waals surface area contributed by atoms with E-state index in [2.05, 4.69) is 4.98 Å². The molecule has 0 amide bonds. The summed E-state index contributed by atoms with van der Waals surface area (Å²) in [6.45, 7) is 0. The van der Waals surface area contributed by atoms with E-state index in [1.165, 1.54) is 23.9 Å². The van der Waals surface area contributed by atoms with Gasteiger partial charge in [-0.15, -0.1) is 11.8 Å². The summed E-state index contributed by atoms with van der Waals surface area (Å²) in [6, 6.07) is 9.38. The topological polar surface area (TPSA) is 33.1 Å². The van der Waals surface area contributed by atoms with Gasteiger partial charge < -0.3 is 5.11 Å². The van der Waals surface area contributed by atoms with Crippen molar-refractivity contribution >= 4 is 23.4 Å². The van der Waals surface area contributed by atoms with Crippen molar-refractivity contribution in [3.8, 4) is 0 Å². The minimum absolute atomic E-state index is 0.307. The van der Waals surface area contributed by atoms with Gasteiger partial charge in [0.2, 0.25) is 0 Å². The lowest BCUT2D eigenvalue weighted by atomic mass is 10.1. The standard InChI is InChI=1S/C13H11ClFNOS/c14-10-3-6-13(16-7-10)18-8-12(17)9-1-4-11(15)5-2-9/h1-7,12,17H,8H2. The number of benzene rings is 1. The molecular weight excluding hydrogens is 273 g/mol. The van der Waals surface area contributed by atoms with Crippen LogP contribution in [0.3, 0.4) is 0 Å². The Hall–Kier alpha value is -1.10. The highest BCUT2D eigenvalue weighted by Gasteiger charge is 2.08. The second-order valence-electron chi connectivity index (χ2n) is 3.69. The second-order valence-corrected chi connectivity index (χ2v) is 5.17. The summed E-state index contributed by atoms with van der Waals surface area (Å²) in [6.07, 6.45) is 0.918. The van der Waals surface area contributed by atoms with Crippen molar-refractivity contribution < 1.29 is 9.50 Å². The first-order valence-corrected chi connectivity index (χ1v) is 6.69. The maximum absolute atomic E-state index is 12.7. The van der Waals surface area contributed by atoms with E-state index >= 15 is 0 Å². The van der Waals surface area contributed by atoms with E-state index in [-0.39, 0.29) is 5.82 Å². The maximum atomic E-state index is 12.7. The van der Waals surface area contributed by atoms with Crippen LogP contribution in [0.25, 0.3) is 0 Å². The maximum Gasteiger partial charge on any atom is 0.123 e. The van der Waals surface area contributed by atoms with Gasteiger partial charge in [0.25, 0.3) is 0 Å². The highest BCUT2D eigenvalue weighted by Crippen LogP contribution is 2.24. The number of aromatic nitrogens is 1. The van der Waals surface area contributed by atoms with Crippen molar-refractivity contribution in [2.75, 3.05) is 5.75 Å². The Balaban J connectivity index is 1.93. The van der Waals surface area contributed by atoms with Crippen LogP contribution in [0.15, 0.2) is 47.6 Å². The predicted octanol–water partition coefficient (Wildman–Crippen LogP) is 3.70. The number of aliphatic hydroxyl groups is 1. The largest absolute Gasteiger partial charge is 0.388 e. The summed E-state index contributed by atoms with van der Waals surface area (Å²) in [7, 11) is 0. The van der Waals surface area contributed by atoms with Crippen molar-refractivity contribution in [1.82, 2.24) is 4.98 Å². The highest BCUT2D eigenvalue weighted by atomic mass is 35.5. The Morgan fingerprint density at radius 3 is 2.56 bits per heavy atom. The van der Waals surface area contributed by atoms with Crippen LogP contribution in [0.4, 0.5) is 4.39 Å². The zero-order valence-corrected chi connectivity index (χ0v) is 11.0. The predicted molar refractivity (Wildman–Crippen MR) is 71.3 cm³/mol. The Morgan fingerprint density at radius 2 is 1.94 bits per heavy atom. The van der Waals surface area contributed by atoms with Crippen LogP contribution < -0.4 is 0 Å².